The number of halogens is 5. The maximum Gasteiger partial charge on any atom is 0.416 e. The SMILES string of the molecule is CCOF.Cc1cc(F)c(NC(=O)N2CC(C)OC(C(F)(F)F)C2)cc1-c1cc(OCCO)nc(N2CCOCC2)c1. The minimum atomic E-state index is -4.63. The summed E-state index contributed by atoms with van der Waals surface area (Å²) in [6.45, 7) is 6.20. The number of pyridine rings is 1. The number of anilines is 2. The van der Waals surface area contributed by atoms with Crippen LogP contribution in [0.3, 0.4) is 0 Å². The number of rotatable bonds is 7. The van der Waals surface area contributed by atoms with Crippen LogP contribution in [0.1, 0.15) is 19.4 Å². The van der Waals surface area contributed by atoms with Gasteiger partial charge in [-0.25, -0.2) is 9.18 Å². The molecule has 2 atom stereocenters. The van der Waals surface area contributed by atoms with Gasteiger partial charge in [-0.1, -0.05) is 0 Å². The summed E-state index contributed by atoms with van der Waals surface area (Å²) in [5.41, 5.74) is 1.57. The van der Waals surface area contributed by atoms with E-state index in [0.29, 0.717) is 48.8 Å². The highest BCUT2D eigenvalue weighted by atomic mass is 19.4. The topological polar surface area (TPSA) is 106 Å². The highest BCUT2D eigenvalue weighted by Crippen LogP contribution is 2.34. The zero-order chi connectivity index (χ0) is 30.9. The third-order valence-electron chi connectivity index (χ3n) is 6.35. The van der Waals surface area contributed by atoms with Gasteiger partial charge in [-0.15, -0.1) is 0 Å². The molecule has 2 aromatic rings. The smallest absolute Gasteiger partial charge is 0.416 e. The lowest BCUT2D eigenvalue weighted by Crippen LogP contribution is -2.55. The molecule has 2 N–H and O–H groups in total. The number of alkyl halides is 3. The first-order valence-corrected chi connectivity index (χ1v) is 13.4. The summed E-state index contributed by atoms with van der Waals surface area (Å²) in [5, 5.41) is 11.6. The summed E-state index contributed by atoms with van der Waals surface area (Å²) in [6.07, 6.45) is -7.60. The van der Waals surface area contributed by atoms with Crippen molar-refractivity contribution in [1.82, 2.24) is 9.88 Å². The van der Waals surface area contributed by atoms with E-state index in [1.165, 1.54) is 19.1 Å². The van der Waals surface area contributed by atoms with Crippen molar-refractivity contribution in [3.05, 3.63) is 35.6 Å². The highest BCUT2D eigenvalue weighted by molar-refractivity contribution is 5.91. The molecule has 1 aromatic heterocycles. The van der Waals surface area contributed by atoms with E-state index in [-0.39, 0.29) is 37.9 Å². The zero-order valence-electron chi connectivity index (χ0n) is 23.5. The molecule has 15 heteroatoms. The number of nitrogens with zero attached hydrogens (tertiary/aromatic N) is 3. The predicted octanol–water partition coefficient (Wildman–Crippen LogP) is 4.49. The average molecular weight is 607 g/mol. The number of aliphatic hydroxyl groups is 1. The molecule has 0 spiro atoms. The van der Waals surface area contributed by atoms with Crippen LogP contribution in [0, 0.1) is 12.7 Å². The Balaban J connectivity index is 0.00000114. The van der Waals surface area contributed by atoms with Gasteiger partial charge in [0.25, 0.3) is 0 Å². The molecule has 0 radical (unpaired) electrons. The molecule has 2 amide bonds. The van der Waals surface area contributed by atoms with Gasteiger partial charge < -0.3 is 34.4 Å². The molecule has 4 rings (SSSR count). The van der Waals surface area contributed by atoms with Gasteiger partial charge in [0.05, 0.1) is 44.8 Å². The molecule has 10 nitrogen and oxygen atoms in total. The van der Waals surface area contributed by atoms with Crippen LogP contribution in [0.25, 0.3) is 11.1 Å². The minimum Gasteiger partial charge on any atom is -0.475 e. The molecule has 234 valence electrons. The summed E-state index contributed by atoms with van der Waals surface area (Å²) in [6, 6.07) is 5.26. The molecule has 1 aromatic carbocycles. The van der Waals surface area contributed by atoms with Crippen molar-refractivity contribution in [3.63, 3.8) is 0 Å². The van der Waals surface area contributed by atoms with E-state index in [4.69, 9.17) is 14.2 Å². The maximum absolute atomic E-state index is 14.9. The van der Waals surface area contributed by atoms with E-state index in [1.54, 1.807) is 26.0 Å². The van der Waals surface area contributed by atoms with Gasteiger partial charge in [0.1, 0.15) is 18.2 Å². The van der Waals surface area contributed by atoms with Crippen molar-refractivity contribution in [2.45, 2.75) is 39.2 Å². The second-order valence-electron chi connectivity index (χ2n) is 9.58. The van der Waals surface area contributed by atoms with Crippen molar-refractivity contribution >= 4 is 17.5 Å². The van der Waals surface area contributed by atoms with E-state index in [0.717, 1.165) is 4.90 Å². The van der Waals surface area contributed by atoms with Gasteiger partial charge in [0.2, 0.25) is 5.88 Å². The number of aromatic nitrogens is 1. The van der Waals surface area contributed by atoms with E-state index < -0.39 is 36.8 Å². The summed E-state index contributed by atoms with van der Waals surface area (Å²) < 4.78 is 80.7. The molecule has 0 bridgehead atoms. The highest BCUT2D eigenvalue weighted by Gasteiger charge is 2.46. The number of carbonyl (C=O) groups excluding carboxylic acids is 1. The molecule has 3 heterocycles. The van der Waals surface area contributed by atoms with Gasteiger partial charge in [-0.3, -0.25) is 0 Å². The lowest BCUT2D eigenvalue weighted by Gasteiger charge is -2.37. The van der Waals surface area contributed by atoms with Crippen molar-refractivity contribution in [2.75, 3.05) is 69.4 Å². The Hall–Kier alpha value is -3.27. The van der Waals surface area contributed by atoms with Crippen molar-refractivity contribution < 1.29 is 51.1 Å². The first-order chi connectivity index (χ1) is 20.0. The second-order valence-corrected chi connectivity index (χ2v) is 9.58. The lowest BCUT2D eigenvalue weighted by molar-refractivity contribution is -0.247. The first kappa shape index (κ1) is 33.2. The van der Waals surface area contributed by atoms with Gasteiger partial charge in [-0.05, 0) is 60.2 Å². The third kappa shape index (κ3) is 9.11. The van der Waals surface area contributed by atoms with Crippen LogP contribution in [-0.2, 0) is 14.4 Å². The summed E-state index contributed by atoms with van der Waals surface area (Å²) in [4.78, 5) is 23.4. The van der Waals surface area contributed by atoms with Crippen LogP contribution in [0.5, 0.6) is 5.88 Å². The number of urea groups is 1. The van der Waals surface area contributed by atoms with Crippen LogP contribution in [0.15, 0.2) is 24.3 Å². The monoisotopic (exact) mass is 606 g/mol. The summed E-state index contributed by atoms with van der Waals surface area (Å²) >= 11 is 0. The molecule has 42 heavy (non-hydrogen) atoms. The Morgan fingerprint density at radius 3 is 2.50 bits per heavy atom. The number of benzene rings is 1. The molecule has 0 aliphatic carbocycles. The number of aliphatic hydroxyl groups excluding tert-OH is 1. The first-order valence-electron chi connectivity index (χ1n) is 13.4. The molecule has 2 fully saturated rings. The normalized spacial score (nSPS) is 19.2. The Bertz CT molecular complexity index is 1180. The quantitative estimate of drug-likeness (QED) is 0.445. The zero-order valence-corrected chi connectivity index (χ0v) is 23.5. The van der Waals surface area contributed by atoms with Crippen LogP contribution in [0.4, 0.5) is 38.4 Å². The molecular formula is C27H35F5N4O6. The number of aryl methyl sites for hydroxylation is 1. The summed E-state index contributed by atoms with van der Waals surface area (Å²) in [5.74, 6) is 0.133. The molecule has 2 aliphatic rings. The van der Waals surface area contributed by atoms with E-state index in [9.17, 15) is 32.0 Å². The fourth-order valence-electron chi connectivity index (χ4n) is 4.40. The van der Waals surface area contributed by atoms with E-state index in [2.05, 4.69) is 15.2 Å². The molecule has 2 aliphatic heterocycles. The minimum absolute atomic E-state index is 0.0274. The Morgan fingerprint density at radius 2 is 1.88 bits per heavy atom. The van der Waals surface area contributed by atoms with Gasteiger partial charge in [0, 0.05) is 25.7 Å². The van der Waals surface area contributed by atoms with Crippen LogP contribution in [0.2, 0.25) is 0 Å². The number of ether oxygens (including phenoxy) is 3. The van der Waals surface area contributed by atoms with Crippen LogP contribution < -0.4 is 15.0 Å². The summed E-state index contributed by atoms with van der Waals surface area (Å²) in [7, 11) is 0. The maximum atomic E-state index is 14.9. The Labute approximate surface area is 240 Å². The van der Waals surface area contributed by atoms with E-state index in [1.807, 2.05) is 4.90 Å². The fraction of sp³-hybridized carbons (Fsp3) is 0.556. The second kappa shape index (κ2) is 15.3. The Morgan fingerprint density at radius 1 is 1.19 bits per heavy atom. The predicted molar refractivity (Wildman–Crippen MR) is 144 cm³/mol. The number of hydrogen-bond acceptors (Lipinski definition) is 8. The van der Waals surface area contributed by atoms with Crippen molar-refractivity contribution in [3.8, 4) is 17.0 Å². The van der Waals surface area contributed by atoms with Crippen molar-refractivity contribution in [2.24, 2.45) is 0 Å². The van der Waals surface area contributed by atoms with Gasteiger partial charge in [-0.2, -0.15) is 23.1 Å². The Kier molecular flexibility index (Phi) is 12.1. The van der Waals surface area contributed by atoms with Crippen LogP contribution >= 0.6 is 0 Å². The molecule has 2 saturated heterocycles. The number of morpholine rings is 2. The van der Waals surface area contributed by atoms with Gasteiger partial charge in [0.15, 0.2) is 6.10 Å². The van der Waals surface area contributed by atoms with Crippen LogP contribution in [-0.4, -0.2) is 98.6 Å². The van der Waals surface area contributed by atoms with E-state index >= 15 is 0 Å². The molecular weight excluding hydrogens is 571 g/mol. The molecule has 0 saturated carbocycles. The largest absolute Gasteiger partial charge is 0.475 e. The number of amides is 2. The fourth-order valence-corrected chi connectivity index (χ4v) is 4.40. The number of hydrogen-bond donors (Lipinski definition) is 2. The third-order valence-corrected chi connectivity index (χ3v) is 6.35. The molecule has 2 unspecified atom stereocenters. The average Bonchev–Trinajstić information content (AvgIpc) is 2.97. The number of nitrogens with one attached hydrogen (secondary N) is 1. The van der Waals surface area contributed by atoms with Crippen molar-refractivity contribution in [1.29, 1.82) is 0 Å². The lowest BCUT2D eigenvalue weighted by atomic mass is 10.00. The standard InChI is InChI=1S/C25H30F4N4O5.C2H5FO/c1-15-9-19(26)20(30-24(35)33-13-16(2)38-21(14-33)25(27,28)29)12-18(15)17-10-22(32-3-6-36-7-4-32)31-23(11-17)37-8-5-34;1-2-4-3/h9-12,16,21,34H,3-8,13-14H2,1-2H3,(H,30,35);2H2,1H3. The van der Waals surface area contributed by atoms with Gasteiger partial charge >= 0.3 is 12.2 Å². The number of carbonyl (C=O) groups is 1.